The van der Waals surface area contributed by atoms with Crippen LogP contribution < -0.4 is 10.1 Å². The highest BCUT2D eigenvalue weighted by Crippen LogP contribution is 2.37. The second-order valence-electron chi connectivity index (χ2n) is 5.33. The first kappa shape index (κ1) is 12.8. The minimum Gasteiger partial charge on any atom is -0.493 e. The molecular weight excluding hydrogens is 288 g/mol. The molecule has 2 aliphatic rings. The number of hydrogen-bond acceptors (Lipinski definition) is 5. The predicted molar refractivity (Wildman–Crippen MR) is 72.6 cm³/mol. The molecule has 8 nitrogen and oxygen atoms in total. The van der Waals surface area contributed by atoms with Crippen molar-refractivity contribution in [1.29, 1.82) is 0 Å². The standard InChI is InChI=1S/C14H12N4O4/c19-13-12-11(14(20)21)16-17-18(12)5-7-6-22-9-4-2-1-3-8(9)10(7)15-13/h1-4,7,10H,5-6H2,(H,15,19)(H,20,21)/t7-,10-/m0/s1. The van der Waals surface area contributed by atoms with Gasteiger partial charge in [0.1, 0.15) is 5.75 Å². The van der Waals surface area contributed by atoms with Crippen molar-refractivity contribution in [3.05, 3.63) is 41.2 Å². The number of carboxylic acids is 1. The van der Waals surface area contributed by atoms with Crippen LogP contribution in [0.2, 0.25) is 0 Å². The van der Waals surface area contributed by atoms with Gasteiger partial charge in [-0.15, -0.1) is 5.10 Å². The van der Waals surface area contributed by atoms with Crippen LogP contribution in [0.3, 0.4) is 0 Å². The zero-order chi connectivity index (χ0) is 15.3. The lowest BCUT2D eigenvalue weighted by molar-refractivity contribution is 0.0683. The van der Waals surface area contributed by atoms with E-state index in [1.807, 2.05) is 24.3 Å². The Morgan fingerprint density at radius 3 is 3.05 bits per heavy atom. The number of fused-ring (bicyclic) bond motifs is 4. The molecule has 1 aromatic heterocycles. The average molecular weight is 300 g/mol. The summed E-state index contributed by atoms with van der Waals surface area (Å²) >= 11 is 0. The summed E-state index contributed by atoms with van der Waals surface area (Å²) in [5.41, 5.74) is 0.549. The molecule has 0 saturated heterocycles. The van der Waals surface area contributed by atoms with Gasteiger partial charge in [0.2, 0.25) is 5.69 Å². The summed E-state index contributed by atoms with van der Waals surface area (Å²) < 4.78 is 7.07. The van der Waals surface area contributed by atoms with Gasteiger partial charge in [-0.05, 0) is 6.07 Å². The number of amides is 1. The van der Waals surface area contributed by atoms with Crippen LogP contribution in [0, 0.1) is 5.92 Å². The van der Waals surface area contributed by atoms with E-state index in [-0.39, 0.29) is 23.3 Å². The molecule has 0 fully saturated rings. The highest BCUT2D eigenvalue weighted by atomic mass is 16.5. The molecule has 0 radical (unpaired) electrons. The molecule has 1 aromatic carbocycles. The first-order valence-electron chi connectivity index (χ1n) is 6.84. The van der Waals surface area contributed by atoms with Gasteiger partial charge in [-0.3, -0.25) is 4.79 Å². The van der Waals surface area contributed by atoms with E-state index >= 15 is 0 Å². The fraction of sp³-hybridized carbons (Fsp3) is 0.286. The van der Waals surface area contributed by atoms with Crippen LogP contribution in [0.5, 0.6) is 5.75 Å². The largest absolute Gasteiger partial charge is 0.493 e. The molecule has 4 rings (SSSR count). The summed E-state index contributed by atoms with van der Waals surface area (Å²) in [6, 6.07) is 7.27. The third-order valence-electron chi connectivity index (χ3n) is 4.03. The molecule has 0 bridgehead atoms. The van der Waals surface area contributed by atoms with Crippen molar-refractivity contribution < 1.29 is 19.4 Å². The van der Waals surface area contributed by atoms with E-state index in [9.17, 15) is 9.59 Å². The van der Waals surface area contributed by atoms with Crippen LogP contribution >= 0.6 is 0 Å². The summed E-state index contributed by atoms with van der Waals surface area (Å²) in [6.45, 7) is 0.789. The van der Waals surface area contributed by atoms with E-state index < -0.39 is 11.9 Å². The lowest BCUT2D eigenvalue weighted by atomic mass is 9.91. The van der Waals surface area contributed by atoms with E-state index in [1.54, 1.807) is 0 Å². The Balaban J connectivity index is 1.79. The Labute approximate surface area is 124 Å². The van der Waals surface area contributed by atoms with Gasteiger partial charge in [0.05, 0.1) is 19.2 Å². The number of para-hydroxylation sites is 1. The average Bonchev–Trinajstić information content (AvgIpc) is 2.87. The maximum atomic E-state index is 12.4. The molecule has 0 saturated carbocycles. The molecule has 1 amide bonds. The number of aromatic nitrogens is 3. The third kappa shape index (κ3) is 1.77. The number of carbonyl (C=O) groups is 2. The smallest absolute Gasteiger partial charge is 0.358 e. The highest BCUT2D eigenvalue weighted by molar-refractivity contribution is 6.02. The van der Waals surface area contributed by atoms with Gasteiger partial charge in [0.15, 0.2) is 5.69 Å². The normalized spacial score (nSPS) is 22.5. The Kier molecular flexibility index (Phi) is 2.65. The maximum absolute atomic E-state index is 12.4. The molecule has 2 aromatic rings. The molecule has 8 heteroatoms. The van der Waals surface area contributed by atoms with Gasteiger partial charge >= 0.3 is 5.97 Å². The molecular formula is C14H12N4O4. The molecule has 2 aliphatic heterocycles. The van der Waals surface area contributed by atoms with E-state index in [4.69, 9.17) is 9.84 Å². The van der Waals surface area contributed by atoms with Crippen molar-refractivity contribution in [2.75, 3.05) is 6.61 Å². The third-order valence-corrected chi connectivity index (χ3v) is 4.03. The number of hydrogen-bond donors (Lipinski definition) is 2. The van der Waals surface area contributed by atoms with Gasteiger partial charge in [0.25, 0.3) is 5.91 Å². The number of nitrogens with zero attached hydrogens (tertiary/aromatic N) is 3. The summed E-state index contributed by atoms with van der Waals surface area (Å²) in [4.78, 5) is 23.6. The molecule has 0 aliphatic carbocycles. The van der Waals surface area contributed by atoms with E-state index in [0.29, 0.717) is 13.2 Å². The first-order chi connectivity index (χ1) is 10.6. The fourth-order valence-electron chi connectivity index (χ4n) is 3.01. The summed E-state index contributed by atoms with van der Waals surface area (Å²) in [5, 5.41) is 19.4. The van der Waals surface area contributed by atoms with Crippen molar-refractivity contribution in [2.24, 2.45) is 5.92 Å². The number of aromatic carboxylic acids is 1. The van der Waals surface area contributed by atoms with Crippen molar-refractivity contribution >= 4 is 11.9 Å². The Bertz CT molecular complexity index is 785. The zero-order valence-electron chi connectivity index (χ0n) is 11.4. The van der Waals surface area contributed by atoms with Crippen LogP contribution in [0.15, 0.2) is 24.3 Å². The number of ether oxygens (including phenoxy) is 1. The minimum absolute atomic E-state index is 0.0145. The van der Waals surface area contributed by atoms with Crippen molar-refractivity contribution in [2.45, 2.75) is 12.6 Å². The predicted octanol–water partition coefficient (Wildman–Crippen LogP) is 0.470. The van der Waals surface area contributed by atoms with Crippen LogP contribution in [0.25, 0.3) is 0 Å². The quantitative estimate of drug-likeness (QED) is 0.793. The van der Waals surface area contributed by atoms with E-state index in [2.05, 4.69) is 15.6 Å². The molecule has 22 heavy (non-hydrogen) atoms. The molecule has 2 atom stereocenters. The van der Waals surface area contributed by atoms with Crippen molar-refractivity contribution in [1.82, 2.24) is 20.3 Å². The fourth-order valence-corrected chi connectivity index (χ4v) is 3.01. The SMILES string of the molecule is O=C(O)c1nnn2c1C(=O)N[C@@H]1c3ccccc3OC[C@@H]1C2. The lowest BCUT2D eigenvalue weighted by Gasteiger charge is -2.32. The number of nitrogens with one attached hydrogen (secondary N) is 1. The summed E-state index contributed by atoms with van der Waals surface area (Å²) in [5.74, 6) is -1.05. The number of benzene rings is 1. The van der Waals surface area contributed by atoms with Gasteiger partial charge in [-0.25, -0.2) is 9.48 Å². The second kappa shape index (κ2) is 4.55. The van der Waals surface area contributed by atoms with Crippen molar-refractivity contribution in [3.63, 3.8) is 0 Å². The van der Waals surface area contributed by atoms with Gasteiger partial charge in [-0.2, -0.15) is 0 Å². The Morgan fingerprint density at radius 2 is 2.23 bits per heavy atom. The maximum Gasteiger partial charge on any atom is 0.358 e. The molecule has 0 unspecified atom stereocenters. The topological polar surface area (TPSA) is 106 Å². The second-order valence-corrected chi connectivity index (χ2v) is 5.33. The number of carboxylic acid groups (broad SMARTS) is 1. The van der Waals surface area contributed by atoms with Crippen LogP contribution in [-0.4, -0.2) is 38.6 Å². The van der Waals surface area contributed by atoms with E-state index in [0.717, 1.165) is 11.3 Å². The van der Waals surface area contributed by atoms with Crippen molar-refractivity contribution in [3.8, 4) is 5.75 Å². The van der Waals surface area contributed by atoms with Gasteiger partial charge < -0.3 is 15.2 Å². The van der Waals surface area contributed by atoms with Gasteiger partial charge in [-0.1, -0.05) is 23.4 Å². The zero-order valence-corrected chi connectivity index (χ0v) is 11.4. The van der Waals surface area contributed by atoms with E-state index in [1.165, 1.54) is 4.68 Å². The Hall–Kier alpha value is -2.90. The van der Waals surface area contributed by atoms with Crippen LogP contribution in [0.4, 0.5) is 0 Å². The number of rotatable bonds is 1. The monoisotopic (exact) mass is 300 g/mol. The highest BCUT2D eigenvalue weighted by Gasteiger charge is 2.38. The minimum atomic E-state index is -1.27. The summed E-state index contributed by atoms with van der Waals surface area (Å²) in [7, 11) is 0. The molecule has 112 valence electrons. The van der Waals surface area contributed by atoms with Crippen LogP contribution in [-0.2, 0) is 6.54 Å². The molecule has 2 N–H and O–H groups in total. The van der Waals surface area contributed by atoms with Gasteiger partial charge in [0, 0.05) is 11.5 Å². The molecule has 3 heterocycles. The Morgan fingerprint density at radius 1 is 1.41 bits per heavy atom. The van der Waals surface area contributed by atoms with Crippen LogP contribution in [0.1, 0.15) is 32.6 Å². The molecule has 0 spiro atoms. The number of carbonyl (C=O) groups excluding carboxylic acids is 1. The summed E-state index contributed by atoms with van der Waals surface area (Å²) in [6.07, 6.45) is 0. The first-order valence-corrected chi connectivity index (χ1v) is 6.84. The lowest BCUT2D eigenvalue weighted by Crippen LogP contribution is -2.37.